The molecule has 4 nitrogen and oxygen atoms in total. The molecular formula is C6H5NO3S2. The summed E-state index contributed by atoms with van der Waals surface area (Å²) in [4.78, 5) is 11.8. The fourth-order valence-electron chi connectivity index (χ4n) is 1.16. The van der Waals surface area contributed by atoms with Gasteiger partial charge in [0.05, 0.1) is 5.56 Å². The lowest BCUT2D eigenvalue weighted by Gasteiger charge is -1.92. The third kappa shape index (κ3) is 0.818. The van der Waals surface area contributed by atoms with Gasteiger partial charge in [-0.15, -0.1) is 11.3 Å². The number of hydrogen-bond donors (Lipinski definition) is 1. The molecule has 2 heterocycles. The number of fused-ring (bicyclic) bond motifs is 1. The van der Waals surface area contributed by atoms with Crippen LogP contribution in [0, 0.1) is 6.92 Å². The Labute approximate surface area is 73.3 Å². The fourth-order valence-corrected chi connectivity index (χ4v) is 3.72. The molecule has 6 heteroatoms. The molecule has 0 spiro atoms. The molecule has 1 aromatic rings. The maximum atomic E-state index is 11.2. The van der Waals surface area contributed by atoms with E-state index in [1.165, 1.54) is 11.3 Å². The van der Waals surface area contributed by atoms with E-state index in [1.807, 2.05) is 4.72 Å². The SMILES string of the molecule is Cc1scc2c1S(=O)(=O)NC2=O. The molecule has 0 saturated carbocycles. The third-order valence-electron chi connectivity index (χ3n) is 1.66. The Balaban J connectivity index is 2.86. The lowest BCUT2D eigenvalue weighted by atomic mass is 10.3. The summed E-state index contributed by atoms with van der Waals surface area (Å²) in [6, 6.07) is 0. The van der Waals surface area contributed by atoms with Gasteiger partial charge in [0.1, 0.15) is 4.90 Å². The van der Waals surface area contributed by atoms with Crippen molar-refractivity contribution in [2.24, 2.45) is 0 Å². The summed E-state index contributed by atoms with van der Waals surface area (Å²) in [5, 5.41) is 1.56. The van der Waals surface area contributed by atoms with E-state index in [9.17, 15) is 13.2 Å². The van der Waals surface area contributed by atoms with Crippen LogP contribution in [0.5, 0.6) is 0 Å². The van der Waals surface area contributed by atoms with E-state index < -0.39 is 15.9 Å². The summed E-state index contributed by atoms with van der Waals surface area (Å²) < 4.78 is 24.4. The summed E-state index contributed by atoms with van der Waals surface area (Å²) in [5.74, 6) is -0.519. The van der Waals surface area contributed by atoms with E-state index in [0.717, 1.165) is 0 Å². The minimum absolute atomic E-state index is 0.150. The van der Waals surface area contributed by atoms with Crippen molar-refractivity contribution in [1.82, 2.24) is 4.72 Å². The smallest absolute Gasteiger partial charge is 0.267 e. The highest BCUT2D eigenvalue weighted by Crippen LogP contribution is 2.30. The quantitative estimate of drug-likeness (QED) is 0.667. The molecule has 12 heavy (non-hydrogen) atoms. The summed E-state index contributed by atoms with van der Waals surface area (Å²) in [6.07, 6.45) is 0. The van der Waals surface area contributed by atoms with Crippen LogP contribution in [0.3, 0.4) is 0 Å². The number of nitrogens with one attached hydrogen (secondary N) is 1. The molecular weight excluding hydrogens is 198 g/mol. The van der Waals surface area contributed by atoms with Gasteiger partial charge in [-0.2, -0.15) is 0 Å². The largest absolute Gasteiger partial charge is 0.268 e. The lowest BCUT2D eigenvalue weighted by molar-refractivity contribution is 0.0985. The van der Waals surface area contributed by atoms with Crippen LogP contribution < -0.4 is 4.72 Å². The van der Waals surface area contributed by atoms with Crippen molar-refractivity contribution in [2.45, 2.75) is 11.8 Å². The Bertz CT molecular complexity index is 457. The Morgan fingerprint density at radius 2 is 2.17 bits per heavy atom. The van der Waals surface area contributed by atoms with Crippen molar-refractivity contribution in [3.63, 3.8) is 0 Å². The molecule has 0 atom stereocenters. The molecule has 64 valence electrons. The molecule has 1 aromatic heterocycles. The third-order valence-corrected chi connectivity index (χ3v) is 4.22. The maximum Gasteiger partial charge on any atom is 0.267 e. The number of sulfonamides is 1. The molecule has 1 aliphatic rings. The molecule has 2 rings (SSSR count). The Kier molecular flexibility index (Phi) is 1.34. The molecule has 0 bridgehead atoms. The van der Waals surface area contributed by atoms with Crippen LogP contribution >= 0.6 is 11.3 Å². The highest BCUT2D eigenvalue weighted by atomic mass is 32.2. The average molecular weight is 203 g/mol. The second-order valence-electron chi connectivity index (χ2n) is 2.47. The highest BCUT2D eigenvalue weighted by Gasteiger charge is 2.35. The molecule has 1 aliphatic heterocycles. The van der Waals surface area contributed by atoms with Crippen LogP contribution in [-0.2, 0) is 10.0 Å². The molecule has 1 amide bonds. The van der Waals surface area contributed by atoms with Crippen molar-refractivity contribution in [2.75, 3.05) is 0 Å². The van der Waals surface area contributed by atoms with E-state index in [2.05, 4.69) is 0 Å². The first kappa shape index (κ1) is 7.75. The van der Waals surface area contributed by atoms with Gasteiger partial charge in [-0.05, 0) is 6.92 Å². The van der Waals surface area contributed by atoms with Gasteiger partial charge in [0.25, 0.3) is 15.9 Å². The molecule has 0 aromatic carbocycles. The summed E-state index contributed by atoms with van der Waals surface area (Å²) in [5.41, 5.74) is 0.275. The Morgan fingerprint density at radius 1 is 1.50 bits per heavy atom. The summed E-state index contributed by atoms with van der Waals surface area (Å²) in [6.45, 7) is 1.68. The lowest BCUT2D eigenvalue weighted by Crippen LogP contribution is -2.21. The minimum atomic E-state index is -3.53. The maximum absolute atomic E-state index is 11.2. The first-order valence-electron chi connectivity index (χ1n) is 3.17. The van der Waals surface area contributed by atoms with Crippen LogP contribution in [0.2, 0.25) is 0 Å². The van der Waals surface area contributed by atoms with Gasteiger partial charge in [0.15, 0.2) is 0 Å². The number of carbonyl (C=O) groups excluding carboxylic acids is 1. The zero-order valence-corrected chi connectivity index (χ0v) is 7.75. The normalized spacial score (nSPS) is 18.9. The second-order valence-corrected chi connectivity index (χ2v) is 5.17. The minimum Gasteiger partial charge on any atom is -0.268 e. The van der Waals surface area contributed by atoms with Crippen LogP contribution in [0.4, 0.5) is 0 Å². The van der Waals surface area contributed by atoms with Crippen LogP contribution in [0.25, 0.3) is 0 Å². The molecule has 0 fully saturated rings. The summed E-state index contributed by atoms with van der Waals surface area (Å²) in [7, 11) is -3.53. The average Bonchev–Trinajstić information content (AvgIpc) is 2.38. The van der Waals surface area contributed by atoms with E-state index in [4.69, 9.17) is 0 Å². The van der Waals surface area contributed by atoms with Crippen molar-refractivity contribution >= 4 is 27.3 Å². The van der Waals surface area contributed by atoms with E-state index in [-0.39, 0.29) is 10.5 Å². The van der Waals surface area contributed by atoms with Gasteiger partial charge in [-0.3, -0.25) is 4.79 Å². The number of aryl methyl sites for hydroxylation is 1. The molecule has 1 N–H and O–H groups in total. The first-order valence-corrected chi connectivity index (χ1v) is 5.54. The van der Waals surface area contributed by atoms with E-state index in [1.54, 1.807) is 12.3 Å². The summed E-state index contributed by atoms with van der Waals surface area (Å²) >= 11 is 1.27. The fraction of sp³-hybridized carbons (Fsp3) is 0.167. The van der Waals surface area contributed by atoms with E-state index in [0.29, 0.717) is 4.88 Å². The van der Waals surface area contributed by atoms with Gasteiger partial charge in [0.2, 0.25) is 0 Å². The Morgan fingerprint density at radius 3 is 2.75 bits per heavy atom. The molecule has 0 radical (unpaired) electrons. The van der Waals surface area contributed by atoms with Gasteiger partial charge < -0.3 is 0 Å². The van der Waals surface area contributed by atoms with Gasteiger partial charge in [-0.25, -0.2) is 13.1 Å². The van der Waals surface area contributed by atoms with Gasteiger partial charge in [-0.1, -0.05) is 0 Å². The monoisotopic (exact) mass is 203 g/mol. The molecule has 0 saturated heterocycles. The van der Waals surface area contributed by atoms with Crippen LogP contribution in [0.1, 0.15) is 15.2 Å². The predicted octanol–water partition coefficient (Wildman–Crippen LogP) is 0.489. The van der Waals surface area contributed by atoms with E-state index >= 15 is 0 Å². The zero-order valence-electron chi connectivity index (χ0n) is 6.12. The Hall–Kier alpha value is -0.880. The standard InChI is InChI=1S/C6H5NO3S2/c1-3-5-4(2-11-3)6(8)7-12(5,9)10/h2H,1H3,(H,7,8). The first-order chi connectivity index (χ1) is 5.52. The number of thiophene rings is 1. The number of carbonyl (C=O) groups is 1. The highest BCUT2D eigenvalue weighted by molar-refractivity contribution is 7.91. The van der Waals surface area contributed by atoms with Crippen molar-refractivity contribution in [3.05, 3.63) is 15.8 Å². The molecule has 0 aliphatic carbocycles. The number of amides is 1. The topological polar surface area (TPSA) is 63.2 Å². The molecule has 0 unspecified atom stereocenters. The van der Waals surface area contributed by atoms with Crippen LogP contribution in [0.15, 0.2) is 10.3 Å². The predicted molar refractivity (Wildman–Crippen MR) is 43.7 cm³/mol. The van der Waals surface area contributed by atoms with Gasteiger partial charge >= 0.3 is 0 Å². The zero-order chi connectivity index (χ0) is 8.93. The van der Waals surface area contributed by atoms with Gasteiger partial charge in [0, 0.05) is 10.3 Å². The van der Waals surface area contributed by atoms with Crippen LogP contribution in [-0.4, -0.2) is 14.3 Å². The van der Waals surface area contributed by atoms with Crippen molar-refractivity contribution in [3.8, 4) is 0 Å². The van der Waals surface area contributed by atoms with Crippen molar-refractivity contribution < 1.29 is 13.2 Å². The second kappa shape index (κ2) is 2.08. The number of rotatable bonds is 0. The van der Waals surface area contributed by atoms with Crippen molar-refractivity contribution in [1.29, 1.82) is 0 Å². The number of hydrogen-bond acceptors (Lipinski definition) is 4.